The van der Waals surface area contributed by atoms with Gasteiger partial charge in [-0.25, -0.2) is 4.98 Å². The number of nitrogen functional groups attached to an aromatic ring is 1. The normalized spacial score (nSPS) is 28.1. The number of rotatable bonds is 1. The third-order valence-electron chi connectivity index (χ3n) is 4.20. The number of hydrogen-bond acceptors (Lipinski definition) is 3. The van der Waals surface area contributed by atoms with E-state index in [4.69, 9.17) is 10.5 Å². The lowest BCUT2D eigenvalue weighted by atomic mass is 9.94. The van der Waals surface area contributed by atoms with Crippen molar-refractivity contribution in [3.05, 3.63) is 23.8 Å². The molecule has 0 radical (unpaired) electrons. The van der Waals surface area contributed by atoms with Crippen molar-refractivity contribution in [2.24, 2.45) is 0 Å². The minimum Gasteiger partial charge on any atom is -0.376 e. The van der Waals surface area contributed by atoms with Crippen LogP contribution in [0, 0.1) is 6.92 Å². The lowest BCUT2D eigenvalue weighted by Gasteiger charge is -2.31. The van der Waals surface area contributed by atoms with Crippen LogP contribution in [0.1, 0.15) is 25.8 Å². The van der Waals surface area contributed by atoms with Crippen LogP contribution in [0.4, 0.5) is 5.95 Å². The zero-order valence-electron chi connectivity index (χ0n) is 11.1. The first-order chi connectivity index (χ1) is 8.52. The quantitative estimate of drug-likeness (QED) is 0.839. The summed E-state index contributed by atoms with van der Waals surface area (Å²) in [6.45, 7) is 7.15. The number of ether oxygens (including phenoxy) is 1. The standard InChI is InChI=1S/C14H19N3O/c1-9-4-5-12-11(8-9)16-13(15)17(12)14(3)6-7-18-10(14)2/h4-5,8,10H,6-7H2,1-3H3,(H2,15,16). The Morgan fingerprint density at radius 1 is 1.50 bits per heavy atom. The molecular formula is C14H19N3O. The Bertz CT molecular complexity index is 604. The molecule has 0 aliphatic carbocycles. The summed E-state index contributed by atoms with van der Waals surface area (Å²) in [6.07, 6.45) is 1.12. The van der Waals surface area contributed by atoms with Crippen LogP contribution in [0.2, 0.25) is 0 Å². The smallest absolute Gasteiger partial charge is 0.201 e. The Morgan fingerprint density at radius 2 is 2.28 bits per heavy atom. The molecule has 0 saturated carbocycles. The van der Waals surface area contributed by atoms with Gasteiger partial charge >= 0.3 is 0 Å². The van der Waals surface area contributed by atoms with Crippen molar-refractivity contribution in [3.63, 3.8) is 0 Å². The van der Waals surface area contributed by atoms with E-state index in [2.05, 4.69) is 48.5 Å². The average molecular weight is 245 g/mol. The fourth-order valence-electron chi connectivity index (χ4n) is 2.86. The summed E-state index contributed by atoms with van der Waals surface area (Å²) in [6, 6.07) is 6.28. The minimum atomic E-state index is -0.103. The second kappa shape index (κ2) is 3.72. The van der Waals surface area contributed by atoms with Gasteiger partial charge in [0.1, 0.15) is 0 Å². The molecule has 1 aromatic carbocycles. The lowest BCUT2D eigenvalue weighted by molar-refractivity contribution is 0.0783. The zero-order chi connectivity index (χ0) is 12.9. The molecule has 1 fully saturated rings. The molecule has 0 bridgehead atoms. The van der Waals surface area contributed by atoms with Gasteiger partial charge in [0.05, 0.1) is 22.7 Å². The molecule has 2 aromatic rings. The van der Waals surface area contributed by atoms with Gasteiger partial charge in [0, 0.05) is 6.61 Å². The summed E-state index contributed by atoms with van der Waals surface area (Å²) >= 11 is 0. The molecule has 18 heavy (non-hydrogen) atoms. The van der Waals surface area contributed by atoms with E-state index in [1.54, 1.807) is 0 Å². The molecule has 4 nitrogen and oxygen atoms in total. The number of nitrogens with two attached hydrogens (primary N) is 1. The highest BCUT2D eigenvalue weighted by Crippen LogP contribution is 2.37. The Hall–Kier alpha value is -1.55. The Kier molecular flexibility index (Phi) is 2.38. The fourth-order valence-corrected chi connectivity index (χ4v) is 2.86. The van der Waals surface area contributed by atoms with Crippen molar-refractivity contribution in [1.82, 2.24) is 9.55 Å². The maximum Gasteiger partial charge on any atom is 0.201 e. The molecule has 1 aromatic heterocycles. The van der Waals surface area contributed by atoms with Crippen LogP contribution in [0.15, 0.2) is 18.2 Å². The first kappa shape index (κ1) is 11.5. The highest BCUT2D eigenvalue weighted by atomic mass is 16.5. The summed E-state index contributed by atoms with van der Waals surface area (Å²) in [7, 11) is 0. The van der Waals surface area contributed by atoms with Crippen molar-refractivity contribution in [1.29, 1.82) is 0 Å². The molecule has 0 amide bonds. The fraction of sp³-hybridized carbons (Fsp3) is 0.500. The molecule has 96 valence electrons. The van der Waals surface area contributed by atoms with Crippen molar-refractivity contribution in [3.8, 4) is 0 Å². The molecule has 1 saturated heterocycles. The number of fused-ring (bicyclic) bond motifs is 1. The van der Waals surface area contributed by atoms with Crippen LogP contribution >= 0.6 is 0 Å². The number of nitrogens with zero attached hydrogens (tertiary/aromatic N) is 2. The minimum absolute atomic E-state index is 0.103. The van der Waals surface area contributed by atoms with Crippen molar-refractivity contribution in [2.45, 2.75) is 38.8 Å². The first-order valence-electron chi connectivity index (χ1n) is 6.39. The monoisotopic (exact) mass is 245 g/mol. The number of hydrogen-bond donors (Lipinski definition) is 1. The highest BCUT2D eigenvalue weighted by molar-refractivity contribution is 5.79. The van der Waals surface area contributed by atoms with Gasteiger partial charge in [-0.15, -0.1) is 0 Å². The number of anilines is 1. The highest BCUT2D eigenvalue weighted by Gasteiger charge is 2.40. The predicted octanol–water partition coefficient (Wildman–Crippen LogP) is 2.45. The van der Waals surface area contributed by atoms with E-state index >= 15 is 0 Å². The van der Waals surface area contributed by atoms with Gasteiger partial charge in [-0.2, -0.15) is 0 Å². The van der Waals surface area contributed by atoms with Gasteiger partial charge in [0.15, 0.2) is 0 Å². The van der Waals surface area contributed by atoms with Crippen LogP contribution in [0.5, 0.6) is 0 Å². The van der Waals surface area contributed by atoms with E-state index in [-0.39, 0.29) is 11.6 Å². The van der Waals surface area contributed by atoms with Crippen molar-refractivity contribution in [2.75, 3.05) is 12.3 Å². The van der Waals surface area contributed by atoms with Crippen LogP contribution in [-0.2, 0) is 10.3 Å². The summed E-state index contributed by atoms with van der Waals surface area (Å²) in [5.41, 5.74) is 9.29. The van der Waals surface area contributed by atoms with Gasteiger partial charge in [-0.3, -0.25) is 0 Å². The van der Waals surface area contributed by atoms with E-state index in [9.17, 15) is 0 Å². The van der Waals surface area contributed by atoms with Crippen LogP contribution < -0.4 is 5.73 Å². The molecular weight excluding hydrogens is 226 g/mol. The first-order valence-corrected chi connectivity index (χ1v) is 6.39. The molecule has 0 spiro atoms. The topological polar surface area (TPSA) is 53.1 Å². The van der Waals surface area contributed by atoms with Crippen molar-refractivity contribution >= 4 is 17.0 Å². The summed E-state index contributed by atoms with van der Waals surface area (Å²) in [4.78, 5) is 4.48. The van der Waals surface area contributed by atoms with E-state index in [1.165, 1.54) is 5.56 Å². The van der Waals surface area contributed by atoms with E-state index in [0.717, 1.165) is 24.1 Å². The second-order valence-electron chi connectivity index (χ2n) is 5.42. The van der Waals surface area contributed by atoms with E-state index in [0.29, 0.717) is 5.95 Å². The number of imidazole rings is 1. The molecule has 4 heteroatoms. The van der Waals surface area contributed by atoms with Gasteiger partial charge in [-0.1, -0.05) is 6.07 Å². The van der Waals surface area contributed by atoms with Gasteiger partial charge in [-0.05, 0) is 44.9 Å². The van der Waals surface area contributed by atoms with E-state index in [1.807, 2.05) is 0 Å². The molecule has 2 heterocycles. The summed E-state index contributed by atoms with van der Waals surface area (Å²) in [5.74, 6) is 0.579. The molecule has 2 N–H and O–H groups in total. The number of aryl methyl sites for hydroxylation is 1. The van der Waals surface area contributed by atoms with Crippen LogP contribution in [0.3, 0.4) is 0 Å². The molecule has 2 unspecified atom stereocenters. The SMILES string of the molecule is Cc1ccc2c(c1)nc(N)n2C1(C)CCOC1C. The van der Waals surface area contributed by atoms with E-state index < -0.39 is 0 Å². The van der Waals surface area contributed by atoms with Crippen LogP contribution in [0.25, 0.3) is 11.0 Å². The number of benzene rings is 1. The second-order valence-corrected chi connectivity index (χ2v) is 5.42. The Balaban J connectivity index is 2.25. The van der Waals surface area contributed by atoms with Gasteiger partial charge in [0.25, 0.3) is 0 Å². The molecule has 1 aliphatic heterocycles. The lowest BCUT2D eigenvalue weighted by Crippen LogP contribution is -2.37. The van der Waals surface area contributed by atoms with Crippen molar-refractivity contribution < 1.29 is 4.74 Å². The third-order valence-corrected chi connectivity index (χ3v) is 4.20. The molecule has 1 aliphatic rings. The van der Waals surface area contributed by atoms with Gasteiger partial charge < -0.3 is 15.0 Å². The zero-order valence-corrected chi connectivity index (χ0v) is 11.1. The maximum absolute atomic E-state index is 6.13. The Morgan fingerprint density at radius 3 is 2.94 bits per heavy atom. The molecule has 2 atom stereocenters. The average Bonchev–Trinajstić information content (AvgIpc) is 2.79. The Labute approximate surface area is 107 Å². The number of aromatic nitrogens is 2. The van der Waals surface area contributed by atoms with Crippen LogP contribution in [-0.4, -0.2) is 22.3 Å². The summed E-state index contributed by atoms with van der Waals surface area (Å²) in [5, 5.41) is 0. The third kappa shape index (κ3) is 1.45. The van der Waals surface area contributed by atoms with Gasteiger partial charge in [0.2, 0.25) is 5.95 Å². The largest absolute Gasteiger partial charge is 0.376 e. The predicted molar refractivity (Wildman–Crippen MR) is 72.6 cm³/mol. The summed E-state index contributed by atoms with van der Waals surface area (Å²) < 4.78 is 7.85. The maximum atomic E-state index is 6.13. The molecule has 3 rings (SSSR count).